The number of fused-ring (bicyclic) bond motifs is 1. The van der Waals surface area contributed by atoms with Gasteiger partial charge in [-0.1, -0.05) is 12.1 Å². The topological polar surface area (TPSA) is 68.5 Å². The van der Waals surface area contributed by atoms with Gasteiger partial charge >= 0.3 is 12.8 Å². The second-order valence-electron chi connectivity index (χ2n) is 6.47. The number of ether oxygens (including phenoxy) is 1. The Balaban J connectivity index is 1.69. The lowest BCUT2D eigenvalue weighted by molar-refractivity contribution is -0.142. The van der Waals surface area contributed by atoms with Crippen LogP contribution in [0.25, 0.3) is 5.65 Å². The van der Waals surface area contributed by atoms with Crippen LogP contribution in [0.4, 0.5) is 27.6 Å². The van der Waals surface area contributed by atoms with Crippen LogP contribution in [0.5, 0.6) is 5.75 Å². The summed E-state index contributed by atoms with van der Waals surface area (Å²) in [7, 11) is 0. The number of aromatic nitrogens is 3. The van der Waals surface area contributed by atoms with Crippen molar-refractivity contribution in [2.45, 2.75) is 31.5 Å². The molecule has 0 radical (unpaired) electrons. The summed E-state index contributed by atoms with van der Waals surface area (Å²) in [5, 5.41) is 6.04. The van der Waals surface area contributed by atoms with Crippen LogP contribution in [0, 0.1) is 0 Å². The Morgan fingerprint density at radius 3 is 2.59 bits per heavy atom. The predicted octanol–water partition coefficient (Wildman–Crippen LogP) is 4.48. The fourth-order valence-electron chi connectivity index (χ4n) is 2.85. The van der Waals surface area contributed by atoms with Crippen molar-refractivity contribution < 1.29 is 31.5 Å². The number of anilines is 1. The standard InChI is InChI=1S/C18H13F5N4O2/c19-17(20)29-13-4-2-1-3-10(13)25-16(28)12-8-15-24-11(9-5-6-9)7-14(18(21,22)23)27(15)26-12/h1-4,7-9,17H,5-6H2,(H,25,28). The van der Waals surface area contributed by atoms with Crippen molar-refractivity contribution in [1.29, 1.82) is 0 Å². The summed E-state index contributed by atoms with van der Waals surface area (Å²) in [6.07, 6.45) is -3.19. The van der Waals surface area contributed by atoms with Gasteiger partial charge in [-0.05, 0) is 31.0 Å². The van der Waals surface area contributed by atoms with Gasteiger partial charge in [0.25, 0.3) is 5.91 Å². The number of carbonyl (C=O) groups is 1. The largest absolute Gasteiger partial charge is 0.433 e. The van der Waals surface area contributed by atoms with E-state index in [4.69, 9.17) is 0 Å². The Hall–Kier alpha value is -3.24. The lowest BCUT2D eigenvalue weighted by Gasteiger charge is -2.11. The van der Waals surface area contributed by atoms with Crippen LogP contribution >= 0.6 is 0 Å². The molecule has 1 aliphatic rings. The number of para-hydroxylation sites is 2. The molecule has 6 nitrogen and oxygen atoms in total. The van der Waals surface area contributed by atoms with Crippen molar-refractivity contribution in [1.82, 2.24) is 14.6 Å². The molecule has 3 aromatic rings. The number of alkyl halides is 5. The quantitative estimate of drug-likeness (QED) is 0.628. The van der Waals surface area contributed by atoms with Gasteiger partial charge in [-0.3, -0.25) is 4.79 Å². The Bertz CT molecular complexity index is 1080. The predicted molar refractivity (Wildman–Crippen MR) is 91.0 cm³/mol. The highest BCUT2D eigenvalue weighted by Gasteiger charge is 2.37. The molecule has 0 bridgehead atoms. The van der Waals surface area contributed by atoms with E-state index < -0.39 is 24.4 Å². The molecule has 1 fully saturated rings. The van der Waals surface area contributed by atoms with E-state index >= 15 is 0 Å². The fraction of sp³-hybridized carbons (Fsp3) is 0.278. The molecule has 1 N–H and O–H groups in total. The summed E-state index contributed by atoms with van der Waals surface area (Å²) < 4.78 is 70.2. The van der Waals surface area contributed by atoms with Gasteiger partial charge in [0.05, 0.1) is 5.69 Å². The summed E-state index contributed by atoms with van der Waals surface area (Å²) in [4.78, 5) is 16.6. The highest BCUT2D eigenvalue weighted by atomic mass is 19.4. The second kappa shape index (κ2) is 6.98. The molecule has 0 spiro atoms. The number of carbonyl (C=O) groups excluding carboxylic acids is 1. The van der Waals surface area contributed by atoms with E-state index in [2.05, 4.69) is 20.1 Å². The van der Waals surface area contributed by atoms with Crippen LogP contribution in [0.1, 0.15) is 40.6 Å². The third-order valence-electron chi connectivity index (χ3n) is 4.32. The maximum atomic E-state index is 13.4. The summed E-state index contributed by atoms with van der Waals surface area (Å²) >= 11 is 0. The number of nitrogens with one attached hydrogen (secondary N) is 1. The first-order valence-electron chi connectivity index (χ1n) is 8.55. The van der Waals surface area contributed by atoms with Crippen molar-refractivity contribution in [3.63, 3.8) is 0 Å². The average molecular weight is 412 g/mol. The number of halogens is 5. The highest BCUT2D eigenvalue weighted by Crippen LogP contribution is 2.41. The zero-order valence-corrected chi connectivity index (χ0v) is 14.6. The number of hydrogen-bond acceptors (Lipinski definition) is 4. The summed E-state index contributed by atoms with van der Waals surface area (Å²) in [6.45, 7) is -3.11. The fourth-order valence-corrected chi connectivity index (χ4v) is 2.85. The van der Waals surface area contributed by atoms with Gasteiger partial charge in [-0.25, -0.2) is 9.50 Å². The first-order valence-corrected chi connectivity index (χ1v) is 8.55. The molecule has 152 valence electrons. The van der Waals surface area contributed by atoms with Crippen LogP contribution in [0.2, 0.25) is 0 Å². The van der Waals surface area contributed by atoms with E-state index in [1.807, 2.05) is 0 Å². The van der Waals surface area contributed by atoms with Crippen molar-refractivity contribution >= 4 is 17.2 Å². The van der Waals surface area contributed by atoms with Gasteiger partial charge in [-0.2, -0.15) is 27.1 Å². The normalized spacial score (nSPS) is 14.4. The summed E-state index contributed by atoms with van der Waals surface area (Å²) in [6, 6.07) is 7.49. The number of nitrogens with zero attached hydrogens (tertiary/aromatic N) is 3. The molecule has 29 heavy (non-hydrogen) atoms. The third kappa shape index (κ3) is 3.98. The first-order chi connectivity index (χ1) is 13.7. The Morgan fingerprint density at radius 1 is 1.21 bits per heavy atom. The highest BCUT2D eigenvalue weighted by molar-refractivity contribution is 6.04. The minimum atomic E-state index is -4.69. The number of hydrogen-bond donors (Lipinski definition) is 1. The van der Waals surface area contributed by atoms with Gasteiger partial charge in [-0.15, -0.1) is 0 Å². The van der Waals surface area contributed by atoms with Crippen LogP contribution in [-0.2, 0) is 6.18 Å². The molecule has 11 heteroatoms. The van der Waals surface area contributed by atoms with Gasteiger partial charge in [0.15, 0.2) is 11.3 Å². The zero-order chi connectivity index (χ0) is 20.8. The van der Waals surface area contributed by atoms with Crippen LogP contribution in [0.15, 0.2) is 36.4 Å². The van der Waals surface area contributed by atoms with E-state index in [1.54, 1.807) is 0 Å². The van der Waals surface area contributed by atoms with Gasteiger partial charge in [0.2, 0.25) is 0 Å². The molecule has 1 aromatic carbocycles. The van der Waals surface area contributed by atoms with E-state index in [0.29, 0.717) is 10.2 Å². The van der Waals surface area contributed by atoms with Gasteiger partial charge in [0, 0.05) is 17.7 Å². The Labute approximate surface area is 160 Å². The van der Waals surface area contributed by atoms with Crippen molar-refractivity contribution in [3.8, 4) is 5.75 Å². The molecule has 0 atom stereocenters. The minimum absolute atomic E-state index is 0.0355. The number of amides is 1. The SMILES string of the molecule is O=C(Nc1ccccc1OC(F)F)c1cc2nc(C3CC3)cc(C(F)(F)F)n2n1. The molecule has 1 aliphatic carbocycles. The van der Waals surface area contributed by atoms with Gasteiger partial charge in [0.1, 0.15) is 11.4 Å². The Morgan fingerprint density at radius 2 is 1.93 bits per heavy atom. The number of benzene rings is 1. The molecular formula is C18H13F5N4O2. The number of rotatable bonds is 5. The maximum Gasteiger partial charge on any atom is 0.433 e. The lowest BCUT2D eigenvalue weighted by atomic mass is 10.2. The third-order valence-corrected chi connectivity index (χ3v) is 4.32. The molecule has 2 aromatic heterocycles. The molecule has 4 rings (SSSR count). The second-order valence-corrected chi connectivity index (χ2v) is 6.47. The monoisotopic (exact) mass is 412 g/mol. The summed E-state index contributed by atoms with van der Waals surface area (Å²) in [5.74, 6) is -1.21. The van der Waals surface area contributed by atoms with E-state index in [0.717, 1.165) is 25.0 Å². The van der Waals surface area contributed by atoms with Gasteiger partial charge < -0.3 is 10.1 Å². The Kier molecular flexibility index (Phi) is 4.59. The molecule has 1 amide bonds. The molecule has 0 saturated heterocycles. The van der Waals surface area contributed by atoms with E-state index in [1.165, 1.54) is 24.3 Å². The molecular weight excluding hydrogens is 399 g/mol. The lowest BCUT2D eigenvalue weighted by Crippen LogP contribution is -2.16. The molecule has 0 unspecified atom stereocenters. The minimum Gasteiger partial charge on any atom is -0.433 e. The van der Waals surface area contributed by atoms with Crippen LogP contribution in [0.3, 0.4) is 0 Å². The molecule has 0 aliphatic heterocycles. The van der Waals surface area contributed by atoms with E-state index in [9.17, 15) is 26.7 Å². The summed E-state index contributed by atoms with van der Waals surface area (Å²) in [5.41, 5.74) is -1.28. The van der Waals surface area contributed by atoms with Crippen molar-refractivity contribution in [2.75, 3.05) is 5.32 Å². The van der Waals surface area contributed by atoms with Crippen molar-refractivity contribution in [2.24, 2.45) is 0 Å². The molecule has 1 saturated carbocycles. The zero-order valence-electron chi connectivity index (χ0n) is 14.6. The van der Waals surface area contributed by atoms with Crippen LogP contribution < -0.4 is 10.1 Å². The smallest absolute Gasteiger partial charge is 0.433 e. The van der Waals surface area contributed by atoms with Crippen LogP contribution in [-0.4, -0.2) is 27.1 Å². The van der Waals surface area contributed by atoms with E-state index in [-0.39, 0.29) is 28.7 Å². The maximum absolute atomic E-state index is 13.4. The van der Waals surface area contributed by atoms with Crippen molar-refractivity contribution in [3.05, 3.63) is 53.5 Å². The molecule has 2 heterocycles. The average Bonchev–Trinajstić information content (AvgIpc) is 3.40. The first kappa shape index (κ1) is 19.1.